The molecule has 0 radical (unpaired) electrons. The van der Waals surface area contributed by atoms with E-state index >= 15 is 0 Å². The third kappa shape index (κ3) is 3.33. The standard InChI is InChI=1S/C20H21FN2O/c1-23(2)9-3-4-15-10-16-12-24-13-19(16)20(18(15)11-22)14-5-7-17(21)8-6-14/h5-8,10H,3-4,9,12-13H2,1-2H3. The first kappa shape index (κ1) is 16.6. The Kier molecular flexibility index (Phi) is 4.94. The molecule has 0 aliphatic carbocycles. The molecule has 0 fully saturated rings. The van der Waals surface area contributed by atoms with Crippen LogP contribution in [0.5, 0.6) is 0 Å². The van der Waals surface area contributed by atoms with E-state index in [9.17, 15) is 9.65 Å². The Morgan fingerprint density at radius 2 is 1.96 bits per heavy atom. The molecule has 0 bridgehead atoms. The summed E-state index contributed by atoms with van der Waals surface area (Å²) in [6.07, 6.45) is 1.84. The first-order valence-corrected chi connectivity index (χ1v) is 8.16. The van der Waals surface area contributed by atoms with Gasteiger partial charge in [-0.05, 0) is 67.9 Å². The van der Waals surface area contributed by atoms with Gasteiger partial charge in [0.1, 0.15) is 11.9 Å². The molecular weight excluding hydrogens is 303 g/mol. The van der Waals surface area contributed by atoms with Crippen molar-refractivity contribution in [2.24, 2.45) is 0 Å². The minimum absolute atomic E-state index is 0.271. The van der Waals surface area contributed by atoms with Crippen LogP contribution < -0.4 is 0 Å². The molecule has 3 rings (SSSR count). The highest BCUT2D eigenvalue weighted by atomic mass is 19.1. The van der Waals surface area contributed by atoms with Crippen molar-refractivity contribution in [2.45, 2.75) is 26.1 Å². The number of fused-ring (bicyclic) bond motifs is 1. The number of nitriles is 1. The molecule has 1 aliphatic heterocycles. The van der Waals surface area contributed by atoms with Crippen LogP contribution in [0.15, 0.2) is 30.3 Å². The van der Waals surface area contributed by atoms with Gasteiger partial charge in [-0.15, -0.1) is 0 Å². The van der Waals surface area contributed by atoms with E-state index in [1.807, 2.05) is 14.1 Å². The number of ether oxygens (including phenoxy) is 1. The third-order valence-electron chi connectivity index (χ3n) is 4.41. The number of halogens is 1. The molecule has 2 aromatic carbocycles. The van der Waals surface area contributed by atoms with Gasteiger partial charge in [-0.2, -0.15) is 5.26 Å². The zero-order valence-electron chi connectivity index (χ0n) is 14.1. The van der Waals surface area contributed by atoms with Crippen molar-refractivity contribution in [1.82, 2.24) is 4.90 Å². The van der Waals surface area contributed by atoms with Crippen LogP contribution in [0.2, 0.25) is 0 Å². The molecule has 0 atom stereocenters. The Morgan fingerprint density at radius 3 is 2.62 bits per heavy atom. The van der Waals surface area contributed by atoms with Gasteiger partial charge in [0.25, 0.3) is 0 Å². The van der Waals surface area contributed by atoms with Crippen molar-refractivity contribution >= 4 is 0 Å². The fourth-order valence-electron chi connectivity index (χ4n) is 3.24. The molecule has 2 aromatic rings. The largest absolute Gasteiger partial charge is 0.372 e. The molecule has 0 spiro atoms. The van der Waals surface area contributed by atoms with Crippen LogP contribution in [0.1, 0.15) is 28.7 Å². The second-order valence-corrected chi connectivity index (χ2v) is 6.44. The highest BCUT2D eigenvalue weighted by Gasteiger charge is 2.22. The molecule has 4 heteroatoms. The topological polar surface area (TPSA) is 36.3 Å². The minimum Gasteiger partial charge on any atom is -0.372 e. The van der Waals surface area contributed by atoms with E-state index in [2.05, 4.69) is 17.0 Å². The molecule has 1 heterocycles. The van der Waals surface area contributed by atoms with E-state index in [4.69, 9.17) is 4.74 Å². The average Bonchev–Trinajstić information content (AvgIpc) is 3.02. The zero-order chi connectivity index (χ0) is 17.1. The van der Waals surface area contributed by atoms with Crippen molar-refractivity contribution in [3.63, 3.8) is 0 Å². The number of rotatable bonds is 5. The molecule has 24 heavy (non-hydrogen) atoms. The van der Waals surface area contributed by atoms with E-state index in [1.54, 1.807) is 12.1 Å². The summed E-state index contributed by atoms with van der Waals surface area (Å²) in [5.41, 5.74) is 5.76. The second kappa shape index (κ2) is 7.12. The van der Waals surface area contributed by atoms with Crippen LogP contribution in [0, 0.1) is 17.1 Å². The van der Waals surface area contributed by atoms with Gasteiger partial charge in [-0.1, -0.05) is 18.2 Å². The maximum absolute atomic E-state index is 13.3. The van der Waals surface area contributed by atoms with Crippen molar-refractivity contribution < 1.29 is 9.13 Å². The first-order chi connectivity index (χ1) is 11.6. The SMILES string of the molecule is CN(C)CCCc1cc2c(c(-c3ccc(F)cc3)c1C#N)COC2. The van der Waals surface area contributed by atoms with Gasteiger partial charge in [-0.25, -0.2) is 4.39 Å². The number of hydrogen-bond acceptors (Lipinski definition) is 3. The lowest BCUT2D eigenvalue weighted by molar-refractivity contribution is 0.134. The van der Waals surface area contributed by atoms with Gasteiger partial charge in [0.2, 0.25) is 0 Å². The second-order valence-electron chi connectivity index (χ2n) is 6.44. The molecule has 0 saturated heterocycles. The fraction of sp³-hybridized carbons (Fsp3) is 0.350. The smallest absolute Gasteiger partial charge is 0.123 e. The number of aryl methyl sites for hydroxylation is 1. The van der Waals surface area contributed by atoms with E-state index in [1.165, 1.54) is 12.1 Å². The zero-order valence-corrected chi connectivity index (χ0v) is 14.1. The summed E-state index contributed by atoms with van der Waals surface area (Å²) in [5, 5.41) is 9.78. The lowest BCUT2D eigenvalue weighted by Gasteiger charge is -2.16. The molecule has 1 aliphatic rings. The van der Waals surface area contributed by atoms with Crippen LogP contribution in [0.3, 0.4) is 0 Å². The van der Waals surface area contributed by atoms with Crippen LogP contribution >= 0.6 is 0 Å². The molecule has 0 unspecified atom stereocenters. The van der Waals surface area contributed by atoms with Crippen LogP contribution in [-0.4, -0.2) is 25.5 Å². The Bertz CT molecular complexity index is 776. The Morgan fingerprint density at radius 1 is 1.21 bits per heavy atom. The van der Waals surface area contributed by atoms with Crippen LogP contribution in [0.25, 0.3) is 11.1 Å². The number of hydrogen-bond donors (Lipinski definition) is 0. The molecule has 124 valence electrons. The van der Waals surface area contributed by atoms with Crippen LogP contribution in [0.4, 0.5) is 4.39 Å². The van der Waals surface area contributed by atoms with E-state index < -0.39 is 0 Å². The summed E-state index contributed by atoms with van der Waals surface area (Å²) in [6.45, 7) is 2.06. The Hall–Kier alpha value is -2.22. The molecule has 3 nitrogen and oxygen atoms in total. The quantitative estimate of drug-likeness (QED) is 0.837. The summed E-state index contributed by atoms with van der Waals surface area (Å²) in [5.74, 6) is -0.271. The van der Waals surface area contributed by atoms with Gasteiger partial charge in [-0.3, -0.25) is 0 Å². The number of nitrogens with zero attached hydrogens (tertiary/aromatic N) is 2. The predicted molar refractivity (Wildman–Crippen MR) is 91.9 cm³/mol. The monoisotopic (exact) mass is 324 g/mol. The van der Waals surface area contributed by atoms with Crippen molar-refractivity contribution in [3.05, 3.63) is 58.4 Å². The van der Waals surface area contributed by atoms with E-state index in [-0.39, 0.29) is 5.82 Å². The molecule has 0 saturated carbocycles. The summed E-state index contributed by atoms with van der Waals surface area (Å²) >= 11 is 0. The normalized spacial score (nSPS) is 13.1. The lowest BCUT2D eigenvalue weighted by Crippen LogP contribution is -2.14. The first-order valence-electron chi connectivity index (χ1n) is 8.16. The lowest BCUT2D eigenvalue weighted by atomic mass is 9.87. The van der Waals surface area contributed by atoms with E-state index in [0.29, 0.717) is 18.8 Å². The molecule has 0 N–H and O–H groups in total. The summed E-state index contributed by atoms with van der Waals surface area (Å²) in [6, 6.07) is 10.9. The molecule has 0 amide bonds. The summed E-state index contributed by atoms with van der Waals surface area (Å²) < 4.78 is 18.9. The van der Waals surface area contributed by atoms with Crippen molar-refractivity contribution in [1.29, 1.82) is 5.26 Å². The Labute approximate surface area is 142 Å². The highest BCUT2D eigenvalue weighted by molar-refractivity contribution is 5.77. The minimum atomic E-state index is -0.271. The third-order valence-corrected chi connectivity index (χ3v) is 4.41. The number of benzene rings is 2. The van der Waals surface area contributed by atoms with Crippen molar-refractivity contribution in [2.75, 3.05) is 20.6 Å². The predicted octanol–water partition coefficient (Wildman–Crippen LogP) is 3.89. The maximum atomic E-state index is 13.3. The van der Waals surface area contributed by atoms with Gasteiger partial charge in [0.05, 0.1) is 18.8 Å². The van der Waals surface area contributed by atoms with E-state index in [0.717, 1.165) is 47.2 Å². The molecular formula is C20H21FN2O. The van der Waals surface area contributed by atoms with Gasteiger partial charge in [0.15, 0.2) is 0 Å². The molecule has 0 aromatic heterocycles. The fourth-order valence-corrected chi connectivity index (χ4v) is 3.24. The van der Waals surface area contributed by atoms with Gasteiger partial charge < -0.3 is 9.64 Å². The highest BCUT2D eigenvalue weighted by Crippen LogP contribution is 2.36. The summed E-state index contributed by atoms with van der Waals surface area (Å²) in [4.78, 5) is 2.14. The Balaban J connectivity index is 2.07. The van der Waals surface area contributed by atoms with Gasteiger partial charge >= 0.3 is 0 Å². The average molecular weight is 324 g/mol. The van der Waals surface area contributed by atoms with Crippen LogP contribution in [-0.2, 0) is 24.4 Å². The maximum Gasteiger partial charge on any atom is 0.123 e. The van der Waals surface area contributed by atoms with Crippen molar-refractivity contribution in [3.8, 4) is 17.2 Å². The van der Waals surface area contributed by atoms with Gasteiger partial charge in [0, 0.05) is 5.56 Å². The summed E-state index contributed by atoms with van der Waals surface area (Å²) in [7, 11) is 4.09.